The lowest BCUT2D eigenvalue weighted by atomic mass is 10.0. The van der Waals surface area contributed by atoms with Crippen LogP contribution in [0.5, 0.6) is 0 Å². The molecular weight excluding hydrogens is 396 g/mol. The monoisotopic (exact) mass is 420 g/mol. The Morgan fingerprint density at radius 2 is 1.25 bits per heavy atom. The van der Waals surface area contributed by atoms with Crippen molar-refractivity contribution in [1.29, 1.82) is 0 Å². The highest BCUT2D eigenvalue weighted by Gasteiger charge is 2.07. The maximum atomic E-state index is 12.4. The van der Waals surface area contributed by atoms with Gasteiger partial charge in [-0.1, -0.05) is 60.7 Å². The predicted octanol–water partition coefficient (Wildman–Crippen LogP) is 6.25. The largest absolute Gasteiger partial charge is 0.481 e. The molecule has 0 aromatic heterocycles. The van der Waals surface area contributed by atoms with Crippen LogP contribution in [0.15, 0.2) is 114 Å². The van der Waals surface area contributed by atoms with Crippen LogP contribution in [0.4, 0.5) is 11.4 Å². The van der Waals surface area contributed by atoms with E-state index in [1.807, 2.05) is 97.1 Å². The summed E-state index contributed by atoms with van der Waals surface area (Å²) in [4.78, 5) is 17.0. The Balaban J connectivity index is 1.41. The van der Waals surface area contributed by atoms with E-state index in [1.54, 1.807) is 7.11 Å². The van der Waals surface area contributed by atoms with Crippen LogP contribution in [0.1, 0.15) is 27.0 Å². The molecule has 0 bridgehead atoms. The lowest BCUT2D eigenvalue weighted by Crippen LogP contribution is -2.11. The number of nitrogens with one attached hydrogen (secondary N) is 1. The second-order valence-electron chi connectivity index (χ2n) is 7.35. The van der Waals surface area contributed by atoms with Gasteiger partial charge in [0.05, 0.1) is 12.8 Å². The lowest BCUT2D eigenvalue weighted by molar-refractivity contribution is 0.102. The summed E-state index contributed by atoms with van der Waals surface area (Å²) in [6.45, 7) is 0. The first-order chi connectivity index (χ1) is 15.7. The van der Waals surface area contributed by atoms with Crippen LogP contribution in [0, 0.1) is 0 Å². The Bertz CT molecular complexity index is 1180. The molecule has 1 N–H and O–H groups in total. The Morgan fingerprint density at radius 1 is 0.719 bits per heavy atom. The number of hydrogen-bond donors (Lipinski definition) is 1. The number of benzene rings is 4. The smallest absolute Gasteiger partial charge is 0.255 e. The number of nitrogens with zero attached hydrogens (tertiary/aromatic N) is 1. The van der Waals surface area contributed by atoms with Gasteiger partial charge in [-0.15, -0.1) is 0 Å². The fourth-order valence-corrected chi connectivity index (χ4v) is 3.35. The normalized spacial score (nSPS) is 11.1. The Morgan fingerprint density at radius 3 is 1.81 bits per heavy atom. The molecule has 0 saturated carbocycles. The van der Waals surface area contributed by atoms with Gasteiger partial charge in [-0.25, -0.2) is 4.99 Å². The molecule has 0 unspecified atom stereocenters. The van der Waals surface area contributed by atoms with Gasteiger partial charge in [0.2, 0.25) is 5.90 Å². The number of aliphatic imine (C=N–C) groups is 1. The summed E-state index contributed by atoms with van der Waals surface area (Å²) in [5, 5.41) is 2.90. The summed E-state index contributed by atoms with van der Waals surface area (Å²) in [5.41, 5.74) is 5.50. The first-order valence-electron chi connectivity index (χ1n) is 10.4. The van der Waals surface area contributed by atoms with Crippen molar-refractivity contribution in [2.75, 3.05) is 12.4 Å². The van der Waals surface area contributed by atoms with Crippen molar-refractivity contribution in [2.24, 2.45) is 4.99 Å². The second kappa shape index (κ2) is 10.2. The van der Waals surface area contributed by atoms with E-state index in [0.717, 1.165) is 28.9 Å². The van der Waals surface area contributed by atoms with E-state index in [0.29, 0.717) is 11.5 Å². The van der Waals surface area contributed by atoms with E-state index in [2.05, 4.69) is 22.4 Å². The minimum atomic E-state index is -0.114. The Hall–Kier alpha value is -4.18. The van der Waals surface area contributed by atoms with Crippen LogP contribution in [-0.4, -0.2) is 18.9 Å². The van der Waals surface area contributed by atoms with E-state index in [-0.39, 0.29) is 5.91 Å². The minimum absolute atomic E-state index is 0.114. The van der Waals surface area contributed by atoms with E-state index >= 15 is 0 Å². The van der Waals surface area contributed by atoms with Crippen LogP contribution in [0.2, 0.25) is 0 Å². The van der Waals surface area contributed by atoms with Crippen molar-refractivity contribution in [3.05, 3.63) is 131 Å². The molecular formula is C28H24N2O2. The molecule has 0 atom stereocenters. The molecule has 0 aliphatic carbocycles. The van der Waals surface area contributed by atoms with Crippen molar-refractivity contribution < 1.29 is 9.53 Å². The maximum Gasteiger partial charge on any atom is 0.255 e. The molecule has 1 amide bonds. The highest BCUT2D eigenvalue weighted by molar-refractivity contribution is 6.04. The van der Waals surface area contributed by atoms with E-state index in [4.69, 9.17) is 4.74 Å². The zero-order valence-corrected chi connectivity index (χ0v) is 17.9. The van der Waals surface area contributed by atoms with Crippen molar-refractivity contribution in [2.45, 2.75) is 6.42 Å². The molecule has 4 aromatic rings. The van der Waals surface area contributed by atoms with E-state index < -0.39 is 0 Å². The van der Waals surface area contributed by atoms with Crippen LogP contribution >= 0.6 is 0 Å². The zero-order valence-electron chi connectivity index (χ0n) is 17.9. The third-order valence-corrected chi connectivity index (χ3v) is 5.04. The fourth-order valence-electron chi connectivity index (χ4n) is 3.35. The van der Waals surface area contributed by atoms with Gasteiger partial charge in [0.1, 0.15) is 0 Å². The van der Waals surface area contributed by atoms with Gasteiger partial charge in [0.25, 0.3) is 5.91 Å². The molecule has 0 heterocycles. The topological polar surface area (TPSA) is 50.7 Å². The third kappa shape index (κ3) is 5.49. The molecule has 4 nitrogen and oxygen atoms in total. The van der Waals surface area contributed by atoms with Crippen molar-refractivity contribution in [3.63, 3.8) is 0 Å². The van der Waals surface area contributed by atoms with Crippen molar-refractivity contribution in [3.8, 4) is 0 Å². The summed E-state index contributed by atoms with van der Waals surface area (Å²) < 4.78 is 5.49. The highest BCUT2D eigenvalue weighted by atomic mass is 16.5. The summed E-state index contributed by atoms with van der Waals surface area (Å²) >= 11 is 0. The molecule has 4 heteroatoms. The number of rotatable bonds is 6. The van der Waals surface area contributed by atoms with E-state index in [9.17, 15) is 4.79 Å². The first-order valence-corrected chi connectivity index (χ1v) is 10.4. The highest BCUT2D eigenvalue weighted by Crippen LogP contribution is 2.17. The van der Waals surface area contributed by atoms with Gasteiger partial charge in [-0.3, -0.25) is 4.79 Å². The average molecular weight is 421 g/mol. The number of anilines is 1. The van der Waals surface area contributed by atoms with Crippen LogP contribution in [0.25, 0.3) is 0 Å². The minimum Gasteiger partial charge on any atom is -0.481 e. The van der Waals surface area contributed by atoms with Gasteiger partial charge in [0.15, 0.2) is 0 Å². The van der Waals surface area contributed by atoms with Gasteiger partial charge < -0.3 is 10.1 Å². The quantitative estimate of drug-likeness (QED) is 0.296. The molecule has 32 heavy (non-hydrogen) atoms. The molecule has 4 aromatic carbocycles. The molecule has 0 radical (unpaired) electrons. The Labute approximate surface area is 188 Å². The van der Waals surface area contributed by atoms with Crippen LogP contribution in [0.3, 0.4) is 0 Å². The number of ether oxygens (including phenoxy) is 1. The number of carbonyl (C=O) groups excluding carboxylic acids is 1. The predicted molar refractivity (Wildman–Crippen MR) is 130 cm³/mol. The van der Waals surface area contributed by atoms with Crippen LogP contribution < -0.4 is 5.32 Å². The number of carbonyl (C=O) groups is 1. The van der Waals surface area contributed by atoms with Crippen LogP contribution in [-0.2, 0) is 11.2 Å². The summed E-state index contributed by atoms with van der Waals surface area (Å²) in [7, 11) is 1.63. The molecule has 0 aliphatic rings. The molecule has 0 spiro atoms. The molecule has 0 fully saturated rings. The number of hydrogen-bond acceptors (Lipinski definition) is 3. The maximum absolute atomic E-state index is 12.4. The van der Waals surface area contributed by atoms with Gasteiger partial charge in [0, 0.05) is 16.8 Å². The van der Waals surface area contributed by atoms with Gasteiger partial charge in [-0.05, 0) is 66.1 Å². The SMILES string of the molecule is COC(=Nc1ccccc1)c1ccc(Cc2ccc(C(=O)Nc3ccccc3)cc2)cc1. The van der Waals surface area contributed by atoms with Crippen molar-refractivity contribution in [1.82, 2.24) is 0 Å². The average Bonchev–Trinajstić information content (AvgIpc) is 2.85. The first kappa shape index (κ1) is 21.1. The molecule has 158 valence electrons. The zero-order chi connectivity index (χ0) is 22.2. The standard InChI is InChI=1S/C28H24N2O2/c1-32-28(30-26-10-6-3-7-11-26)24-18-14-22(15-19-24)20-21-12-16-23(17-13-21)27(31)29-25-8-4-2-5-9-25/h2-19H,20H2,1H3,(H,29,31). The summed E-state index contributed by atoms with van der Waals surface area (Å²) in [6.07, 6.45) is 0.777. The summed E-state index contributed by atoms with van der Waals surface area (Å²) in [5.74, 6) is 0.466. The number of methoxy groups -OCH3 is 1. The molecule has 0 aliphatic heterocycles. The third-order valence-electron chi connectivity index (χ3n) is 5.04. The Kier molecular flexibility index (Phi) is 6.73. The summed E-state index contributed by atoms with van der Waals surface area (Å²) in [6, 6.07) is 35.1. The lowest BCUT2D eigenvalue weighted by Gasteiger charge is -2.08. The molecule has 0 saturated heterocycles. The van der Waals surface area contributed by atoms with Gasteiger partial charge in [-0.2, -0.15) is 0 Å². The number of amides is 1. The fraction of sp³-hybridized carbons (Fsp3) is 0.0714. The van der Waals surface area contributed by atoms with Gasteiger partial charge >= 0.3 is 0 Å². The van der Waals surface area contributed by atoms with Crippen molar-refractivity contribution >= 4 is 23.2 Å². The number of para-hydroxylation sites is 2. The second-order valence-corrected chi connectivity index (χ2v) is 7.35. The molecule has 4 rings (SSSR count). The van der Waals surface area contributed by atoms with E-state index in [1.165, 1.54) is 5.56 Å².